The van der Waals surface area contributed by atoms with Crippen molar-refractivity contribution >= 4 is 32.6 Å². The maximum absolute atomic E-state index is 12.9. The van der Waals surface area contributed by atoms with Crippen molar-refractivity contribution in [2.45, 2.75) is 45.6 Å². The summed E-state index contributed by atoms with van der Waals surface area (Å²) in [4.78, 5) is 20.0. The van der Waals surface area contributed by atoms with Crippen LogP contribution < -0.4 is 10.2 Å². The summed E-state index contributed by atoms with van der Waals surface area (Å²) in [6.07, 6.45) is 3.94. The van der Waals surface area contributed by atoms with Crippen molar-refractivity contribution in [1.29, 1.82) is 0 Å². The zero-order valence-corrected chi connectivity index (χ0v) is 18.0. The predicted octanol–water partition coefficient (Wildman–Crippen LogP) is 4.96. The van der Waals surface area contributed by atoms with Gasteiger partial charge >= 0.3 is 0 Å². The maximum atomic E-state index is 12.9. The SMILES string of the molecule is Cc1ccc2nc(N3CCCC(C(=O)NC(C)CCc4ccccc4)C3)sc2c1. The summed E-state index contributed by atoms with van der Waals surface area (Å²) in [5.41, 5.74) is 3.63. The normalized spacial score (nSPS) is 18.0. The molecular formula is C24H29N3OS. The van der Waals surface area contributed by atoms with Crippen LogP contribution >= 0.6 is 11.3 Å². The van der Waals surface area contributed by atoms with Crippen LogP contribution in [0.25, 0.3) is 10.2 Å². The van der Waals surface area contributed by atoms with Gasteiger partial charge in [-0.2, -0.15) is 0 Å². The lowest BCUT2D eigenvalue weighted by Gasteiger charge is -2.32. The highest BCUT2D eigenvalue weighted by Gasteiger charge is 2.28. The van der Waals surface area contributed by atoms with E-state index in [2.05, 4.69) is 66.5 Å². The molecule has 1 saturated heterocycles. The van der Waals surface area contributed by atoms with Gasteiger partial charge in [0.25, 0.3) is 0 Å². The third-order valence-corrected chi connectivity index (χ3v) is 6.77. The lowest BCUT2D eigenvalue weighted by Crippen LogP contribution is -2.45. The third kappa shape index (κ3) is 4.96. The summed E-state index contributed by atoms with van der Waals surface area (Å²) in [5.74, 6) is 0.226. The van der Waals surface area contributed by atoms with Gasteiger partial charge in [0.05, 0.1) is 16.1 Å². The molecule has 2 heterocycles. The Morgan fingerprint density at radius 3 is 2.93 bits per heavy atom. The number of amides is 1. The van der Waals surface area contributed by atoms with Gasteiger partial charge in [-0.15, -0.1) is 0 Å². The number of piperidine rings is 1. The molecule has 2 atom stereocenters. The van der Waals surface area contributed by atoms with Crippen LogP contribution in [0.5, 0.6) is 0 Å². The highest BCUT2D eigenvalue weighted by atomic mass is 32.1. The molecule has 29 heavy (non-hydrogen) atoms. The molecule has 2 unspecified atom stereocenters. The number of nitrogens with one attached hydrogen (secondary N) is 1. The van der Waals surface area contributed by atoms with Gasteiger partial charge in [0.1, 0.15) is 0 Å². The summed E-state index contributed by atoms with van der Waals surface area (Å²) >= 11 is 1.73. The van der Waals surface area contributed by atoms with E-state index in [0.717, 1.165) is 49.4 Å². The molecule has 1 amide bonds. The smallest absolute Gasteiger partial charge is 0.225 e. The van der Waals surface area contributed by atoms with Crippen molar-refractivity contribution in [1.82, 2.24) is 10.3 Å². The van der Waals surface area contributed by atoms with E-state index in [1.54, 1.807) is 11.3 Å². The fraction of sp³-hybridized carbons (Fsp3) is 0.417. The van der Waals surface area contributed by atoms with E-state index in [-0.39, 0.29) is 17.9 Å². The number of thiazole rings is 1. The molecular weight excluding hydrogens is 378 g/mol. The molecule has 0 spiro atoms. The van der Waals surface area contributed by atoms with E-state index < -0.39 is 0 Å². The Balaban J connectivity index is 1.34. The quantitative estimate of drug-likeness (QED) is 0.628. The average molecular weight is 408 g/mol. The van der Waals surface area contributed by atoms with Gasteiger partial charge in [-0.25, -0.2) is 4.98 Å². The number of nitrogens with zero attached hydrogens (tertiary/aromatic N) is 2. The van der Waals surface area contributed by atoms with Crippen LogP contribution in [-0.2, 0) is 11.2 Å². The molecule has 1 fully saturated rings. The van der Waals surface area contributed by atoms with Crippen molar-refractivity contribution in [3.8, 4) is 0 Å². The van der Waals surface area contributed by atoms with E-state index in [4.69, 9.17) is 4.98 Å². The Bertz CT molecular complexity index is 969. The molecule has 5 heteroatoms. The number of benzene rings is 2. The first-order valence-corrected chi connectivity index (χ1v) is 11.4. The number of hydrogen-bond acceptors (Lipinski definition) is 4. The van der Waals surface area contributed by atoms with Gasteiger partial charge in [-0.1, -0.05) is 47.7 Å². The molecule has 1 aliphatic rings. The van der Waals surface area contributed by atoms with Crippen LogP contribution in [0.15, 0.2) is 48.5 Å². The van der Waals surface area contributed by atoms with E-state index in [1.807, 2.05) is 6.07 Å². The molecule has 0 saturated carbocycles. The second-order valence-corrected chi connectivity index (χ2v) is 9.20. The topological polar surface area (TPSA) is 45.2 Å². The van der Waals surface area contributed by atoms with Gasteiger partial charge in [0.15, 0.2) is 5.13 Å². The van der Waals surface area contributed by atoms with E-state index in [9.17, 15) is 4.79 Å². The van der Waals surface area contributed by atoms with E-state index in [1.165, 1.54) is 15.8 Å². The highest BCUT2D eigenvalue weighted by Crippen LogP contribution is 2.32. The number of anilines is 1. The van der Waals surface area contributed by atoms with Gasteiger partial charge in [0, 0.05) is 19.1 Å². The van der Waals surface area contributed by atoms with Gasteiger partial charge in [0.2, 0.25) is 5.91 Å². The zero-order valence-electron chi connectivity index (χ0n) is 17.2. The number of fused-ring (bicyclic) bond motifs is 1. The fourth-order valence-corrected chi connectivity index (χ4v) is 5.08. The first-order chi connectivity index (χ1) is 14.1. The zero-order chi connectivity index (χ0) is 20.2. The van der Waals surface area contributed by atoms with Crippen molar-refractivity contribution in [2.24, 2.45) is 5.92 Å². The summed E-state index contributed by atoms with van der Waals surface area (Å²) in [5, 5.41) is 4.29. The van der Waals surface area contributed by atoms with Crippen LogP contribution in [0.2, 0.25) is 0 Å². The lowest BCUT2D eigenvalue weighted by molar-refractivity contribution is -0.125. The standard InChI is InChI=1S/C24H29N3OS/c1-17-10-13-21-22(15-17)29-24(26-21)27-14-6-9-20(16-27)23(28)25-18(2)11-12-19-7-4-3-5-8-19/h3-5,7-8,10,13,15,18,20H,6,9,11-12,14,16H2,1-2H3,(H,25,28). The fourth-order valence-electron chi connectivity index (χ4n) is 3.98. The Morgan fingerprint density at radius 2 is 2.10 bits per heavy atom. The first kappa shape index (κ1) is 19.9. The minimum atomic E-state index is 0.0386. The number of aryl methyl sites for hydroxylation is 2. The van der Waals surface area contributed by atoms with Crippen molar-refractivity contribution in [2.75, 3.05) is 18.0 Å². The van der Waals surface area contributed by atoms with Gasteiger partial charge < -0.3 is 10.2 Å². The van der Waals surface area contributed by atoms with Crippen LogP contribution in [0.3, 0.4) is 0 Å². The summed E-state index contributed by atoms with van der Waals surface area (Å²) in [7, 11) is 0. The minimum Gasteiger partial charge on any atom is -0.353 e. The van der Waals surface area contributed by atoms with Crippen LogP contribution in [0, 0.1) is 12.8 Å². The van der Waals surface area contributed by atoms with E-state index >= 15 is 0 Å². The van der Waals surface area contributed by atoms with Crippen molar-refractivity contribution in [3.63, 3.8) is 0 Å². The molecule has 152 valence electrons. The third-order valence-electron chi connectivity index (χ3n) is 5.69. The van der Waals surface area contributed by atoms with Crippen LogP contribution in [-0.4, -0.2) is 30.0 Å². The largest absolute Gasteiger partial charge is 0.353 e. The van der Waals surface area contributed by atoms with Crippen LogP contribution in [0.4, 0.5) is 5.13 Å². The van der Waals surface area contributed by atoms with Gasteiger partial charge in [-0.3, -0.25) is 4.79 Å². The maximum Gasteiger partial charge on any atom is 0.225 e. The number of aromatic nitrogens is 1. The monoisotopic (exact) mass is 407 g/mol. The Labute approximate surface area is 177 Å². The Kier molecular flexibility index (Phi) is 6.14. The molecule has 4 nitrogen and oxygen atoms in total. The number of carbonyl (C=O) groups excluding carboxylic acids is 1. The second kappa shape index (κ2) is 8.95. The first-order valence-electron chi connectivity index (χ1n) is 10.5. The molecule has 3 aromatic rings. The second-order valence-electron chi connectivity index (χ2n) is 8.19. The summed E-state index contributed by atoms with van der Waals surface area (Å²) < 4.78 is 1.22. The number of rotatable bonds is 6. The highest BCUT2D eigenvalue weighted by molar-refractivity contribution is 7.22. The molecule has 0 aliphatic carbocycles. The lowest BCUT2D eigenvalue weighted by atomic mass is 9.96. The average Bonchev–Trinajstić information content (AvgIpc) is 3.16. The predicted molar refractivity (Wildman–Crippen MR) is 122 cm³/mol. The van der Waals surface area contributed by atoms with E-state index in [0.29, 0.717) is 0 Å². The Hall–Kier alpha value is -2.40. The summed E-state index contributed by atoms with van der Waals surface area (Å²) in [6.45, 7) is 5.96. The molecule has 4 rings (SSSR count). The van der Waals surface area contributed by atoms with Crippen molar-refractivity contribution in [3.05, 3.63) is 59.7 Å². The minimum absolute atomic E-state index is 0.0386. The summed E-state index contributed by atoms with van der Waals surface area (Å²) in [6, 6.07) is 17.0. The number of carbonyl (C=O) groups is 1. The molecule has 0 bridgehead atoms. The number of hydrogen-bond donors (Lipinski definition) is 1. The Morgan fingerprint density at radius 1 is 1.28 bits per heavy atom. The molecule has 1 aromatic heterocycles. The molecule has 1 N–H and O–H groups in total. The van der Waals surface area contributed by atoms with Crippen LogP contribution in [0.1, 0.15) is 37.3 Å². The molecule has 0 radical (unpaired) electrons. The molecule has 2 aromatic carbocycles. The van der Waals surface area contributed by atoms with Crippen molar-refractivity contribution < 1.29 is 4.79 Å². The van der Waals surface area contributed by atoms with Gasteiger partial charge in [-0.05, 0) is 62.8 Å². The molecule has 1 aliphatic heterocycles.